The summed E-state index contributed by atoms with van der Waals surface area (Å²) in [5, 5.41) is 6.95. The monoisotopic (exact) mass is 294 g/mol. The van der Waals surface area contributed by atoms with Crippen LogP contribution < -0.4 is 11.1 Å². The van der Waals surface area contributed by atoms with Crippen molar-refractivity contribution in [3.63, 3.8) is 0 Å². The van der Waals surface area contributed by atoms with Crippen LogP contribution in [-0.2, 0) is 6.54 Å². The van der Waals surface area contributed by atoms with E-state index in [0.717, 1.165) is 11.1 Å². The van der Waals surface area contributed by atoms with Crippen LogP contribution in [0.2, 0.25) is 0 Å². The first-order valence-electron chi connectivity index (χ1n) is 6.74. The molecule has 22 heavy (non-hydrogen) atoms. The molecule has 1 heterocycles. The minimum Gasteiger partial charge on any atom is -0.366 e. The Kier molecular flexibility index (Phi) is 3.82. The van der Waals surface area contributed by atoms with Gasteiger partial charge in [0.15, 0.2) is 0 Å². The number of carbonyl (C=O) groups is 1. The smallest absolute Gasteiger partial charge is 0.264 e. The summed E-state index contributed by atoms with van der Waals surface area (Å²) in [7, 11) is 0. The molecule has 0 radical (unpaired) electrons. The van der Waals surface area contributed by atoms with Crippen LogP contribution in [0, 0.1) is 0 Å². The second kappa shape index (κ2) is 6.09. The van der Waals surface area contributed by atoms with Gasteiger partial charge < -0.3 is 15.6 Å². The first kappa shape index (κ1) is 13.8. The first-order chi connectivity index (χ1) is 10.7. The zero-order chi connectivity index (χ0) is 15.4. The summed E-state index contributed by atoms with van der Waals surface area (Å²) in [5.41, 5.74) is 7.53. The Morgan fingerprint density at radius 3 is 2.50 bits per heavy atom. The van der Waals surface area contributed by atoms with Crippen molar-refractivity contribution in [1.29, 1.82) is 0 Å². The van der Waals surface area contributed by atoms with Crippen LogP contribution in [0.1, 0.15) is 15.9 Å². The lowest BCUT2D eigenvalue weighted by Crippen LogP contribution is -2.10. The molecular weight excluding hydrogens is 280 g/mol. The molecule has 0 aliphatic heterocycles. The van der Waals surface area contributed by atoms with E-state index in [0.29, 0.717) is 23.9 Å². The minimum atomic E-state index is -0.440. The number of nitrogens with two attached hydrogens (primary N) is 1. The molecule has 0 aliphatic rings. The van der Waals surface area contributed by atoms with E-state index < -0.39 is 5.91 Å². The van der Waals surface area contributed by atoms with Crippen molar-refractivity contribution in [3.8, 4) is 11.5 Å². The van der Waals surface area contributed by atoms with E-state index in [1.165, 1.54) is 0 Å². The zero-order valence-electron chi connectivity index (χ0n) is 11.7. The highest BCUT2D eigenvalue weighted by Crippen LogP contribution is 2.18. The number of nitrogens with zero attached hydrogens (tertiary/aromatic N) is 2. The lowest BCUT2D eigenvalue weighted by Gasteiger charge is -2.02. The molecule has 1 amide bonds. The van der Waals surface area contributed by atoms with Gasteiger partial charge in [-0.25, -0.2) is 0 Å². The number of anilines is 1. The molecule has 2 aromatic carbocycles. The van der Waals surface area contributed by atoms with Crippen molar-refractivity contribution < 1.29 is 9.32 Å². The molecule has 3 N–H and O–H groups in total. The third kappa shape index (κ3) is 3.12. The number of hydrogen-bond acceptors (Lipinski definition) is 5. The zero-order valence-corrected chi connectivity index (χ0v) is 11.7. The maximum atomic E-state index is 11.0. The normalized spacial score (nSPS) is 10.4. The van der Waals surface area contributed by atoms with Crippen molar-refractivity contribution in [1.82, 2.24) is 10.1 Å². The highest BCUT2D eigenvalue weighted by atomic mass is 16.5. The molecule has 0 atom stereocenters. The molecule has 0 fully saturated rings. The van der Waals surface area contributed by atoms with Gasteiger partial charge in [-0.1, -0.05) is 30.3 Å². The average molecular weight is 294 g/mol. The number of rotatable bonds is 5. The SMILES string of the molecule is NC(=O)c1ccc(CNc2noc(-c3ccccc3)n2)cc1. The summed E-state index contributed by atoms with van der Waals surface area (Å²) in [6.45, 7) is 0.521. The van der Waals surface area contributed by atoms with Crippen LogP contribution >= 0.6 is 0 Å². The van der Waals surface area contributed by atoms with Gasteiger partial charge in [-0.15, -0.1) is 0 Å². The van der Waals surface area contributed by atoms with Crippen molar-refractivity contribution in [2.45, 2.75) is 6.54 Å². The van der Waals surface area contributed by atoms with E-state index in [-0.39, 0.29) is 0 Å². The molecule has 0 unspecified atom stereocenters. The Morgan fingerprint density at radius 2 is 1.82 bits per heavy atom. The highest BCUT2D eigenvalue weighted by Gasteiger charge is 2.08. The summed E-state index contributed by atoms with van der Waals surface area (Å²) in [6.07, 6.45) is 0. The molecule has 110 valence electrons. The summed E-state index contributed by atoms with van der Waals surface area (Å²) >= 11 is 0. The van der Waals surface area contributed by atoms with E-state index in [9.17, 15) is 4.79 Å². The summed E-state index contributed by atoms with van der Waals surface area (Å²) in [4.78, 5) is 15.3. The Morgan fingerprint density at radius 1 is 1.09 bits per heavy atom. The quantitative estimate of drug-likeness (QED) is 0.753. The van der Waals surface area contributed by atoms with Gasteiger partial charge in [-0.2, -0.15) is 4.98 Å². The highest BCUT2D eigenvalue weighted by molar-refractivity contribution is 5.92. The summed E-state index contributed by atoms with van der Waals surface area (Å²) in [5.74, 6) is 0.440. The van der Waals surface area contributed by atoms with Crippen LogP contribution in [0.15, 0.2) is 59.1 Å². The van der Waals surface area contributed by atoms with E-state index in [1.807, 2.05) is 42.5 Å². The van der Waals surface area contributed by atoms with Gasteiger partial charge in [0.25, 0.3) is 11.8 Å². The van der Waals surface area contributed by atoms with Crippen molar-refractivity contribution in [2.75, 3.05) is 5.32 Å². The van der Waals surface area contributed by atoms with Gasteiger partial charge in [0, 0.05) is 17.7 Å². The van der Waals surface area contributed by atoms with Crippen LogP contribution in [0.4, 0.5) is 5.95 Å². The first-order valence-corrected chi connectivity index (χ1v) is 6.74. The number of benzene rings is 2. The number of nitrogens with one attached hydrogen (secondary N) is 1. The van der Waals surface area contributed by atoms with E-state index in [1.54, 1.807) is 12.1 Å². The van der Waals surface area contributed by atoms with Gasteiger partial charge in [-0.3, -0.25) is 4.79 Å². The van der Waals surface area contributed by atoms with Gasteiger partial charge in [-0.05, 0) is 35.0 Å². The van der Waals surface area contributed by atoms with E-state index in [2.05, 4.69) is 15.5 Å². The Labute approximate surface area is 127 Å². The molecule has 6 nitrogen and oxygen atoms in total. The fourth-order valence-corrected chi connectivity index (χ4v) is 1.96. The molecule has 0 saturated heterocycles. The number of primary amides is 1. The van der Waals surface area contributed by atoms with Crippen LogP contribution in [-0.4, -0.2) is 16.0 Å². The van der Waals surface area contributed by atoms with E-state index in [4.69, 9.17) is 10.3 Å². The number of carbonyl (C=O) groups excluding carboxylic acids is 1. The lowest BCUT2D eigenvalue weighted by atomic mass is 10.1. The molecule has 3 rings (SSSR count). The molecule has 6 heteroatoms. The second-order valence-electron chi connectivity index (χ2n) is 4.70. The number of aromatic nitrogens is 2. The fourth-order valence-electron chi connectivity index (χ4n) is 1.96. The Bertz CT molecular complexity index is 766. The Hall–Kier alpha value is -3.15. The molecular formula is C16H14N4O2. The number of amides is 1. The standard InChI is InChI=1S/C16H14N4O2/c17-14(21)12-8-6-11(7-9-12)10-18-16-19-15(22-20-16)13-4-2-1-3-5-13/h1-9H,10H2,(H2,17,21)(H,18,20). The predicted molar refractivity (Wildman–Crippen MR) is 82.0 cm³/mol. The van der Waals surface area contributed by atoms with Gasteiger partial charge in [0.05, 0.1) is 0 Å². The molecule has 1 aromatic heterocycles. The molecule has 0 spiro atoms. The van der Waals surface area contributed by atoms with Crippen molar-refractivity contribution in [3.05, 3.63) is 65.7 Å². The summed E-state index contributed by atoms with van der Waals surface area (Å²) < 4.78 is 5.20. The van der Waals surface area contributed by atoms with Crippen molar-refractivity contribution >= 4 is 11.9 Å². The van der Waals surface area contributed by atoms with Crippen LogP contribution in [0.5, 0.6) is 0 Å². The number of hydrogen-bond donors (Lipinski definition) is 2. The lowest BCUT2D eigenvalue weighted by molar-refractivity contribution is 0.100. The predicted octanol–water partition coefficient (Wildman–Crippen LogP) is 2.45. The second-order valence-corrected chi connectivity index (χ2v) is 4.70. The maximum absolute atomic E-state index is 11.0. The van der Waals surface area contributed by atoms with Gasteiger partial charge in [0.2, 0.25) is 5.91 Å². The maximum Gasteiger partial charge on any atom is 0.264 e. The van der Waals surface area contributed by atoms with Gasteiger partial charge in [0.1, 0.15) is 0 Å². The van der Waals surface area contributed by atoms with Gasteiger partial charge >= 0.3 is 0 Å². The van der Waals surface area contributed by atoms with Crippen LogP contribution in [0.25, 0.3) is 11.5 Å². The minimum absolute atomic E-state index is 0.415. The van der Waals surface area contributed by atoms with Crippen LogP contribution in [0.3, 0.4) is 0 Å². The Balaban J connectivity index is 1.65. The molecule has 0 aliphatic carbocycles. The molecule has 0 saturated carbocycles. The van der Waals surface area contributed by atoms with Crippen molar-refractivity contribution in [2.24, 2.45) is 5.73 Å². The average Bonchev–Trinajstić information content (AvgIpc) is 3.03. The summed E-state index contributed by atoms with van der Waals surface area (Å²) in [6, 6.07) is 16.6. The third-order valence-corrected chi connectivity index (χ3v) is 3.14. The molecule has 3 aromatic rings. The van der Waals surface area contributed by atoms with E-state index >= 15 is 0 Å². The topological polar surface area (TPSA) is 94.0 Å². The third-order valence-electron chi connectivity index (χ3n) is 3.14. The fraction of sp³-hybridized carbons (Fsp3) is 0.0625. The largest absolute Gasteiger partial charge is 0.366 e. The molecule has 0 bridgehead atoms.